The van der Waals surface area contributed by atoms with Crippen LogP contribution in [0.15, 0.2) is 24.3 Å². The minimum absolute atomic E-state index is 0.235. The number of nitriles is 1. The molecular weight excluding hydrogens is 194 g/mol. The van der Waals surface area contributed by atoms with Gasteiger partial charge in [-0.2, -0.15) is 5.26 Å². The highest BCUT2D eigenvalue weighted by Gasteiger charge is 2.10. The summed E-state index contributed by atoms with van der Waals surface area (Å²) in [4.78, 5) is 10.5. The molecule has 0 fully saturated rings. The van der Waals surface area contributed by atoms with Crippen molar-refractivity contribution in [2.24, 2.45) is 0 Å². The van der Waals surface area contributed by atoms with Crippen LogP contribution in [0.3, 0.4) is 0 Å². The van der Waals surface area contributed by atoms with Crippen LogP contribution in [0, 0.1) is 11.3 Å². The van der Waals surface area contributed by atoms with Gasteiger partial charge in [-0.05, 0) is 24.6 Å². The lowest BCUT2D eigenvalue weighted by Gasteiger charge is -2.07. The van der Waals surface area contributed by atoms with Crippen LogP contribution in [-0.4, -0.2) is 17.2 Å². The Balaban J connectivity index is 2.52. The third-order valence-electron chi connectivity index (χ3n) is 1.93. The third kappa shape index (κ3) is 3.41. The molecule has 0 amide bonds. The van der Waals surface area contributed by atoms with Gasteiger partial charge in [0.05, 0.1) is 18.2 Å². The number of hydrogen-bond donors (Lipinski definition) is 1. The molecule has 1 aromatic carbocycles. The highest BCUT2D eigenvalue weighted by molar-refractivity contribution is 5.71. The summed E-state index contributed by atoms with van der Waals surface area (Å²) in [7, 11) is 0. The monoisotopic (exact) mass is 205 g/mol. The molecule has 78 valence electrons. The molecule has 0 radical (unpaired) electrons. The molecule has 0 aliphatic carbocycles. The minimum Gasteiger partial charge on any atom is -0.479 e. The maximum atomic E-state index is 10.5. The Hall–Kier alpha value is -1.86. The molecule has 4 heteroatoms. The van der Waals surface area contributed by atoms with Crippen LogP contribution in [-0.2, 0) is 16.1 Å². The van der Waals surface area contributed by atoms with Crippen molar-refractivity contribution in [2.45, 2.75) is 19.6 Å². The molecule has 0 aliphatic rings. The summed E-state index contributed by atoms with van der Waals surface area (Å²) >= 11 is 0. The SMILES string of the molecule is C[C@H](OCc1ccc(C#N)cc1)C(=O)O. The molecular formula is C11H11NO3. The van der Waals surface area contributed by atoms with E-state index in [1.807, 2.05) is 6.07 Å². The second-order valence-corrected chi connectivity index (χ2v) is 3.10. The van der Waals surface area contributed by atoms with Gasteiger partial charge in [-0.3, -0.25) is 0 Å². The van der Waals surface area contributed by atoms with Gasteiger partial charge in [0.25, 0.3) is 0 Å². The Labute approximate surface area is 87.7 Å². The summed E-state index contributed by atoms with van der Waals surface area (Å²) in [6.45, 7) is 1.71. The Morgan fingerprint density at radius 2 is 2.13 bits per heavy atom. The first-order chi connectivity index (χ1) is 7.13. The highest BCUT2D eigenvalue weighted by atomic mass is 16.5. The van der Waals surface area contributed by atoms with Gasteiger partial charge in [-0.25, -0.2) is 4.79 Å². The molecule has 1 rings (SSSR count). The summed E-state index contributed by atoms with van der Waals surface area (Å²) in [5.41, 5.74) is 1.42. The molecule has 4 nitrogen and oxygen atoms in total. The highest BCUT2D eigenvalue weighted by Crippen LogP contribution is 2.06. The molecule has 0 heterocycles. The van der Waals surface area contributed by atoms with E-state index in [4.69, 9.17) is 15.1 Å². The number of nitrogens with zero attached hydrogens (tertiary/aromatic N) is 1. The first-order valence-electron chi connectivity index (χ1n) is 4.47. The van der Waals surface area contributed by atoms with Crippen LogP contribution in [0.1, 0.15) is 18.1 Å². The molecule has 0 spiro atoms. The largest absolute Gasteiger partial charge is 0.479 e. The number of hydrogen-bond acceptors (Lipinski definition) is 3. The quantitative estimate of drug-likeness (QED) is 0.809. The van der Waals surface area contributed by atoms with Gasteiger partial charge >= 0.3 is 5.97 Å². The van der Waals surface area contributed by atoms with Crippen molar-refractivity contribution in [1.82, 2.24) is 0 Å². The number of carboxylic acids is 1. The molecule has 1 aromatic rings. The van der Waals surface area contributed by atoms with E-state index in [1.54, 1.807) is 24.3 Å². The van der Waals surface area contributed by atoms with Crippen LogP contribution < -0.4 is 0 Å². The molecule has 0 saturated carbocycles. The van der Waals surface area contributed by atoms with Gasteiger partial charge in [0.2, 0.25) is 0 Å². The van der Waals surface area contributed by atoms with Crippen molar-refractivity contribution < 1.29 is 14.6 Å². The predicted molar refractivity (Wildman–Crippen MR) is 53.0 cm³/mol. The van der Waals surface area contributed by atoms with Crippen molar-refractivity contribution in [3.05, 3.63) is 35.4 Å². The Morgan fingerprint density at radius 1 is 1.53 bits per heavy atom. The van der Waals surface area contributed by atoms with Crippen LogP contribution >= 0.6 is 0 Å². The summed E-state index contributed by atoms with van der Waals surface area (Å²) in [5, 5.41) is 17.1. The average Bonchev–Trinajstić information content (AvgIpc) is 2.26. The van der Waals surface area contributed by atoms with Crippen molar-refractivity contribution in [2.75, 3.05) is 0 Å². The zero-order valence-corrected chi connectivity index (χ0v) is 8.30. The van der Waals surface area contributed by atoms with Gasteiger partial charge in [0.1, 0.15) is 0 Å². The van der Waals surface area contributed by atoms with E-state index in [0.29, 0.717) is 5.56 Å². The molecule has 0 aromatic heterocycles. The van der Waals surface area contributed by atoms with E-state index >= 15 is 0 Å². The molecule has 0 aliphatic heterocycles. The molecule has 0 unspecified atom stereocenters. The number of aliphatic carboxylic acids is 1. The van der Waals surface area contributed by atoms with E-state index in [1.165, 1.54) is 6.92 Å². The number of carboxylic acid groups (broad SMARTS) is 1. The fourth-order valence-corrected chi connectivity index (χ4v) is 0.968. The van der Waals surface area contributed by atoms with Crippen molar-refractivity contribution in [1.29, 1.82) is 5.26 Å². The summed E-state index contributed by atoms with van der Waals surface area (Å²) in [6.07, 6.45) is -0.819. The predicted octanol–water partition coefficient (Wildman–Crippen LogP) is 1.55. The van der Waals surface area contributed by atoms with E-state index in [9.17, 15) is 4.79 Å². The van der Waals surface area contributed by atoms with Crippen molar-refractivity contribution >= 4 is 5.97 Å². The molecule has 1 N–H and O–H groups in total. The van der Waals surface area contributed by atoms with Crippen molar-refractivity contribution in [3.63, 3.8) is 0 Å². The maximum Gasteiger partial charge on any atom is 0.332 e. The van der Waals surface area contributed by atoms with Gasteiger partial charge in [-0.15, -0.1) is 0 Å². The van der Waals surface area contributed by atoms with Gasteiger partial charge in [0, 0.05) is 0 Å². The van der Waals surface area contributed by atoms with E-state index in [-0.39, 0.29) is 6.61 Å². The second kappa shape index (κ2) is 5.13. The Kier molecular flexibility index (Phi) is 3.83. The average molecular weight is 205 g/mol. The fraction of sp³-hybridized carbons (Fsp3) is 0.273. The van der Waals surface area contributed by atoms with Crippen LogP contribution in [0.2, 0.25) is 0 Å². The third-order valence-corrected chi connectivity index (χ3v) is 1.93. The van der Waals surface area contributed by atoms with Gasteiger partial charge in [0.15, 0.2) is 6.10 Å². The zero-order chi connectivity index (χ0) is 11.3. The first-order valence-corrected chi connectivity index (χ1v) is 4.47. The lowest BCUT2D eigenvalue weighted by atomic mass is 10.1. The molecule has 0 bridgehead atoms. The van der Waals surface area contributed by atoms with Crippen LogP contribution in [0.4, 0.5) is 0 Å². The van der Waals surface area contributed by atoms with Gasteiger partial charge < -0.3 is 9.84 Å². The lowest BCUT2D eigenvalue weighted by Crippen LogP contribution is -2.19. The fourth-order valence-electron chi connectivity index (χ4n) is 0.968. The van der Waals surface area contributed by atoms with E-state index < -0.39 is 12.1 Å². The van der Waals surface area contributed by atoms with Crippen molar-refractivity contribution in [3.8, 4) is 6.07 Å². The van der Waals surface area contributed by atoms with Crippen LogP contribution in [0.5, 0.6) is 0 Å². The number of carbonyl (C=O) groups is 1. The Morgan fingerprint density at radius 3 is 2.60 bits per heavy atom. The summed E-state index contributed by atoms with van der Waals surface area (Å²) < 4.78 is 5.08. The topological polar surface area (TPSA) is 70.3 Å². The number of benzene rings is 1. The van der Waals surface area contributed by atoms with Crippen LogP contribution in [0.25, 0.3) is 0 Å². The Bertz CT molecular complexity index is 378. The van der Waals surface area contributed by atoms with E-state index in [2.05, 4.69) is 0 Å². The maximum absolute atomic E-state index is 10.5. The van der Waals surface area contributed by atoms with E-state index in [0.717, 1.165) is 5.56 Å². The lowest BCUT2D eigenvalue weighted by molar-refractivity contribution is -0.149. The number of rotatable bonds is 4. The smallest absolute Gasteiger partial charge is 0.332 e. The zero-order valence-electron chi connectivity index (χ0n) is 8.30. The first kappa shape index (κ1) is 11.2. The molecule has 15 heavy (non-hydrogen) atoms. The number of ether oxygens (including phenoxy) is 1. The van der Waals surface area contributed by atoms with Gasteiger partial charge in [-0.1, -0.05) is 12.1 Å². The molecule has 1 atom stereocenters. The summed E-state index contributed by atoms with van der Waals surface area (Å²) in [5.74, 6) is -0.983. The summed E-state index contributed by atoms with van der Waals surface area (Å²) in [6, 6.07) is 8.83. The minimum atomic E-state index is -0.983. The second-order valence-electron chi connectivity index (χ2n) is 3.10. The standard InChI is InChI=1S/C11H11NO3/c1-8(11(13)14)15-7-10-4-2-9(6-12)3-5-10/h2-5,8H,7H2,1H3,(H,13,14)/t8-/m0/s1. The molecule has 0 saturated heterocycles. The normalized spacial score (nSPS) is 11.7.